The molecule has 3 aromatic rings. The highest BCUT2D eigenvalue weighted by Crippen LogP contribution is 2.32. The van der Waals surface area contributed by atoms with E-state index in [-0.39, 0.29) is 36.1 Å². The fourth-order valence-electron chi connectivity index (χ4n) is 4.35. The number of benzene rings is 2. The summed E-state index contributed by atoms with van der Waals surface area (Å²) in [6, 6.07) is 12.9. The molecule has 9 heteroatoms. The third-order valence-corrected chi connectivity index (χ3v) is 6.63. The number of aromatic nitrogens is 2. The first-order valence-corrected chi connectivity index (χ1v) is 11.8. The first kappa shape index (κ1) is 22.5. The molecule has 0 spiro atoms. The molecular weight excluding hydrogens is 459 g/mol. The first-order valence-electron chi connectivity index (χ1n) is 11.4. The molecular formula is C25H24ClFN4O3. The van der Waals surface area contributed by atoms with Crippen LogP contribution in [0.25, 0.3) is 11.5 Å². The molecule has 176 valence electrons. The molecule has 34 heavy (non-hydrogen) atoms. The van der Waals surface area contributed by atoms with Gasteiger partial charge in [-0.05, 0) is 62.1 Å². The Hall–Kier alpha value is -3.26. The number of amides is 2. The van der Waals surface area contributed by atoms with Crippen molar-refractivity contribution in [1.82, 2.24) is 20.0 Å². The van der Waals surface area contributed by atoms with Crippen LogP contribution in [-0.2, 0) is 11.3 Å². The summed E-state index contributed by atoms with van der Waals surface area (Å²) in [5.41, 5.74) is 1.07. The topological polar surface area (TPSA) is 79.5 Å². The normalized spacial score (nSPS) is 18.1. The monoisotopic (exact) mass is 482 g/mol. The molecule has 1 unspecified atom stereocenters. The van der Waals surface area contributed by atoms with Gasteiger partial charge in [0, 0.05) is 24.7 Å². The number of likely N-dealkylation sites (tertiary alicyclic amines) is 1. The van der Waals surface area contributed by atoms with Gasteiger partial charge < -0.3 is 14.2 Å². The van der Waals surface area contributed by atoms with Crippen LogP contribution in [0, 0.1) is 11.7 Å². The zero-order valence-electron chi connectivity index (χ0n) is 18.5. The number of carbonyl (C=O) groups excluding carboxylic acids is 2. The van der Waals surface area contributed by atoms with Crippen LogP contribution in [0.15, 0.2) is 52.9 Å². The highest BCUT2D eigenvalue weighted by molar-refractivity contribution is 6.33. The molecule has 0 N–H and O–H groups in total. The number of halogens is 2. The Kier molecular flexibility index (Phi) is 6.32. The highest BCUT2D eigenvalue weighted by atomic mass is 35.5. The highest BCUT2D eigenvalue weighted by Gasteiger charge is 2.39. The quantitative estimate of drug-likeness (QED) is 0.514. The van der Waals surface area contributed by atoms with Crippen molar-refractivity contribution in [1.29, 1.82) is 0 Å². The summed E-state index contributed by atoms with van der Waals surface area (Å²) in [7, 11) is 0. The predicted molar refractivity (Wildman–Crippen MR) is 123 cm³/mol. The molecule has 1 atom stereocenters. The van der Waals surface area contributed by atoms with Crippen LogP contribution in [-0.4, -0.2) is 50.9 Å². The Bertz CT molecular complexity index is 1190. The van der Waals surface area contributed by atoms with Gasteiger partial charge in [0.05, 0.1) is 23.0 Å². The second-order valence-electron chi connectivity index (χ2n) is 8.78. The van der Waals surface area contributed by atoms with Crippen molar-refractivity contribution in [2.75, 3.05) is 13.1 Å². The summed E-state index contributed by atoms with van der Waals surface area (Å²) in [5, 5.41) is 8.76. The van der Waals surface area contributed by atoms with Gasteiger partial charge in [0.1, 0.15) is 5.82 Å². The lowest BCUT2D eigenvalue weighted by Crippen LogP contribution is -2.47. The minimum atomic E-state index is -0.387. The molecule has 2 amide bonds. The smallest absolute Gasteiger partial charge is 0.253 e. The zero-order chi connectivity index (χ0) is 23.7. The minimum absolute atomic E-state index is 0.00315. The van der Waals surface area contributed by atoms with Gasteiger partial charge in [-0.3, -0.25) is 9.59 Å². The van der Waals surface area contributed by atoms with E-state index >= 15 is 0 Å². The van der Waals surface area contributed by atoms with E-state index in [0.29, 0.717) is 47.4 Å². The van der Waals surface area contributed by atoms with Gasteiger partial charge in [-0.25, -0.2) is 4.39 Å². The molecule has 2 aliphatic rings. The second-order valence-corrected chi connectivity index (χ2v) is 9.18. The molecule has 1 aliphatic heterocycles. The van der Waals surface area contributed by atoms with Crippen LogP contribution in [0.5, 0.6) is 0 Å². The van der Waals surface area contributed by atoms with Gasteiger partial charge >= 0.3 is 0 Å². The third kappa shape index (κ3) is 4.82. The van der Waals surface area contributed by atoms with Gasteiger partial charge in [-0.1, -0.05) is 23.7 Å². The summed E-state index contributed by atoms with van der Waals surface area (Å²) in [6.45, 7) is 1.14. The molecule has 0 bridgehead atoms. The van der Waals surface area contributed by atoms with Gasteiger partial charge in [-0.2, -0.15) is 0 Å². The Morgan fingerprint density at radius 3 is 2.59 bits per heavy atom. The molecule has 0 radical (unpaired) electrons. The van der Waals surface area contributed by atoms with Crippen molar-refractivity contribution in [2.24, 2.45) is 5.92 Å². The molecule has 2 fully saturated rings. The average Bonchev–Trinajstić information content (AvgIpc) is 3.60. The van der Waals surface area contributed by atoms with Crippen LogP contribution in [0.4, 0.5) is 4.39 Å². The fourth-order valence-corrected chi connectivity index (χ4v) is 4.57. The van der Waals surface area contributed by atoms with Crippen molar-refractivity contribution in [3.05, 3.63) is 70.8 Å². The van der Waals surface area contributed by atoms with E-state index in [1.807, 2.05) is 12.1 Å². The SMILES string of the molecule is O=C(c1ccc(F)cc1)N1CCCC(C(=O)N(Cc2nnc(-c3ccccc3Cl)o2)C2CC2)C1. The summed E-state index contributed by atoms with van der Waals surface area (Å²) in [4.78, 5) is 29.9. The van der Waals surface area contributed by atoms with E-state index in [2.05, 4.69) is 10.2 Å². The first-order chi connectivity index (χ1) is 16.5. The maximum absolute atomic E-state index is 13.5. The van der Waals surface area contributed by atoms with E-state index in [1.54, 1.807) is 21.9 Å². The maximum atomic E-state index is 13.5. The molecule has 1 aromatic heterocycles. The second kappa shape index (κ2) is 9.54. The molecule has 7 nitrogen and oxygen atoms in total. The number of hydrogen-bond acceptors (Lipinski definition) is 5. The standard InChI is InChI=1S/C25H24ClFN4O3/c26-21-6-2-1-5-20(21)23-29-28-22(34-23)15-31(19-11-12-19)25(33)17-4-3-13-30(14-17)24(32)16-7-9-18(27)10-8-16/h1-2,5-10,17,19H,3-4,11-15H2. The molecule has 1 aliphatic carbocycles. The van der Waals surface area contributed by atoms with Crippen LogP contribution in [0.1, 0.15) is 41.9 Å². The fraction of sp³-hybridized carbons (Fsp3) is 0.360. The Labute approximate surface area is 201 Å². The Morgan fingerprint density at radius 1 is 1.09 bits per heavy atom. The van der Waals surface area contributed by atoms with Gasteiger partial charge in [0.15, 0.2) is 0 Å². The molecule has 2 heterocycles. The van der Waals surface area contributed by atoms with Gasteiger partial charge in [0.25, 0.3) is 5.91 Å². The number of hydrogen-bond donors (Lipinski definition) is 0. The van der Waals surface area contributed by atoms with Crippen LogP contribution in [0.3, 0.4) is 0 Å². The van der Waals surface area contributed by atoms with Crippen molar-refractivity contribution in [2.45, 2.75) is 38.3 Å². The molecule has 2 aromatic carbocycles. The van der Waals surface area contributed by atoms with Crippen molar-refractivity contribution in [3.63, 3.8) is 0 Å². The van der Waals surface area contributed by atoms with Crippen LogP contribution in [0.2, 0.25) is 5.02 Å². The van der Waals surface area contributed by atoms with Crippen molar-refractivity contribution >= 4 is 23.4 Å². The van der Waals surface area contributed by atoms with Crippen LogP contribution >= 0.6 is 11.6 Å². The van der Waals surface area contributed by atoms with Gasteiger partial charge in [-0.15, -0.1) is 10.2 Å². The number of nitrogens with zero attached hydrogens (tertiary/aromatic N) is 4. The largest absolute Gasteiger partial charge is 0.419 e. The van der Waals surface area contributed by atoms with Gasteiger partial charge in [0.2, 0.25) is 17.7 Å². The number of carbonyl (C=O) groups is 2. The van der Waals surface area contributed by atoms with E-state index in [0.717, 1.165) is 19.3 Å². The summed E-state index contributed by atoms with van der Waals surface area (Å²) in [5.74, 6) is -0.206. The average molecular weight is 483 g/mol. The lowest BCUT2D eigenvalue weighted by molar-refractivity contribution is -0.138. The predicted octanol–water partition coefficient (Wildman–Crippen LogP) is 4.57. The zero-order valence-corrected chi connectivity index (χ0v) is 19.2. The van der Waals surface area contributed by atoms with Crippen molar-refractivity contribution in [3.8, 4) is 11.5 Å². The Morgan fingerprint density at radius 2 is 1.85 bits per heavy atom. The summed E-state index contributed by atoms with van der Waals surface area (Å²) in [6.07, 6.45) is 3.31. The van der Waals surface area contributed by atoms with E-state index < -0.39 is 0 Å². The van der Waals surface area contributed by atoms with Crippen LogP contribution < -0.4 is 0 Å². The molecule has 1 saturated heterocycles. The van der Waals surface area contributed by atoms with E-state index in [9.17, 15) is 14.0 Å². The maximum Gasteiger partial charge on any atom is 0.253 e. The minimum Gasteiger partial charge on any atom is -0.419 e. The number of rotatable bonds is 6. The molecule has 5 rings (SSSR count). The lowest BCUT2D eigenvalue weighted by atomic mass is 9.95. The third-order valence-electron chi connectivity index (χ3n) is 6.30. The lowest BCUT2D eigenvalue weighted by Gasteiger charge is -2.35. The summed E-state index contributed by atoms with van der Waals surface area (Å²) < 4.78 is 19.1. The summed E-state index contributed by atoms with van der Waals surface area (Å²) >= 11 is 6.23. The molecule has 1 saturated carbocycles. The number of piperidine rings is 1. The van der Waals surface area contributed by atoms with E-state index in [1.165, 1.54) is 24.3 Å². The Balaban J connectivity index is 1.28. The van der Waals surface area contributed by atoms with E-state index in [4.69, 9.17) is 16.0 Å². The van der Waals surface area contributed by atoms with Crippen molar-refractivity contribution < 1.29 is 18.4 Å².